The molecule has 9 atom stereocenters. The number of hydrogen-bond donors (Lipinski definition) is 1. The fraction of sp³-hybridized carbons (Fsp3) is 0.931. The summed E-state index contributed by atoms with van der Waals surface area (Å²) in [4.78, 5) is 0. The van der Waals surface area contributed by atoms with Crippen molar-refractivity contribution in [2.75, 3.05) is 0 Å². The van der Waals surface area contributed by atoms with E-state index in [1.165, 1.54) is 51.4 Å². The highest BCUT2D eigenvalue weighted by molar-refractivity contribution is 5.32. The number of hydrogen-bond acceptors (Lipinski definition) is 1. The minimum Gasteiger partial charge on any atom is -0.393 e. The maximum absolute atomic E-state index is 10.8. The van der Waals surface area contributed by atoms with Gasteiger partial charge in [0.05, 0.1) is 6.10 Å². The lowest BCUT2D eigenvalue weighted by Crippen LogP contribution is -2.60. The van der Waals surface area contributed by atoms with Crippen LogP contribution >= 0.6 is 0 Å². The minimum absolute atomic E-state index is 0.0497. The zero-order valence-electron chi connectivity index (χ0n) is 20.9. The van der Waals surface area contributed by atoms with E-state index < -0.39 is 0 Å². The van der Waals surface area contributed by atoms with Crippen molar-refractivity contribution in [3.8, 4) is 0 Å². The highest BCUT2D eigenvalue weighted by Crippen LogP contribution is 2.73. The Bertz CT molecular complexity index is 733. The molecule has 0 aromatic carbocycles. The smallest absolute Gasteiger partial charge is 0.0594 e. The Labute approximate surface area is 186 Å². The van der Waals surface area contributed by atoms with Crippen molar-refractivity contribution in [3.63, 3.8) is 0 Å². The summed E-state index contributed by atoms with van der Waals surface area (Å²) >= 11 is 0. The predicted molar refractivity (Wildman–Crippen MR) is 126 cm³/mol. The minimum atomic E-state index is -0.126. The van der Waals surface area contributed by atoms with Crippen LogP contribution in [0, 0.1) is 57.2 Å². The molecule has 170 valence electrons. The van der Waals surface area contributed by atoms with E-state index in [-0.39, 0.29) is 11.5 Å². The van der Waals surface area contributed by atoms with Crippen molar-refractivity contribution in [1.82, 2.24) is 0 Å². The molecule has 0 heterocycles. The molecular weight excluding hydrogens is 364 g/mol. The molecule has 30 heavy (non-hydrogen) atoms. The molecule has 5 aliphatic carbocycles. The second-order valence-electron chi connectivity index (χ2n) is 14.0. The summed E-state index contributed by atoms with van der Waals surface area (Å²) in [6.07, 6.45) is 14.7. The van der Waals surface area contributed by atoms with Gasteiger partial charge in [0.15, 0.2) is 0 Å². The number of fused-ring (bicyclic) bond motifs is 7. The van der Waals surface area contributed by atoms with Crippen LogP contribution in [0.25, 0.3) is 0 Å². The summed E-state index contributed by atoms with van der Waals surface area (Å²) < 4.78 is 0. The molecule has 0 aromatic rings. The van der Waals surface area contributed by atoms with E-state index in [9.17, 15) is 5.11 Å². The van der Waals surface area contributed by atoms with Gasteiger partial charge in [-0.1, -0.05) is 60.1 Å². The topological polar surface area (TPSA) is 20.2 Å². The maximum Gasteiger partial charge on any atom is 0.0594 e. The van der Waals surface area contributed by atoms with Crippen molar-refractivity contribution in [1.29, 1.82) is 0 Å². The second kappa shape index (κ2) is 6.61. The van der Waals surface area contributed by atoms with Gasteiger partial charge in [0.2, 0.25) is 0 Å². The quantitative estimate of drug-likeness (QED) is 0.439. The van der Waals surface area contributed by atoms with E-state index in [0.29, 0.717) is 22.2 Å². The van der Waals surface area contributed by atoms with Crippen molar-refractivity contribution in [3.05, 3.63) is 11.6 Å². The van der Waals surface area contributed by atoms with Gasteiger partial charge in [-0.2, -0.15) is 0 Å². The molecule has 1 nitrogen and oxygen atoms in total. The maximum atomic E-state index is 10.8. The van der Waals surface area contributed by atoms with Crippen LogP contribution in [0.5, 0.6) is 0 Å². The highest BCUT2D eigenvalue weighted by Gasteiger charge is 2.65. The Morgan fingerprint density at radius 2 is 1.60 bits per heavy atom. The van der Waals surface area contributed by atoms with Crippen LogP contribution < -0.4 is 0 Å². The van der Waals surface area contributed by atoms with Gasteiger partial charge in [-0.25, -0.2) is 0 Å². The molecule has 5 rings (SSSR count). The Morgan fingerprint density at radius 3 is 2.30 bits per heavy atom. The van der Waals surface area contributed by atoms with E-state index in [4.69, 9.17) is 0 Å². The molecule has 5 aliphatic rings. The molecule has 0 radical (unpaired) electrons. The molecule has 0 saturated heterocycles. The number of rotatable bonds is 1. The Morgan fingerprint density at radius 1 is 0.867 bits per heavy atom. The molecule has 0 bridgehead atoms. The molecule has 4 saturated carbocycles. The van der Waals surface area contributed by atoms with Crippen molar-refractivity contribution >= 4 is 0 Å². The second-order valence-corrected chi connectivity index (χ2v) is 14.0. The van der Waals surface area contributed by atoms with Gasteiger partial charge in [-0.15, -0.1) is 0 Å². The Kier molecular flexibility index (Phi) is 4.75. The van der Waals surface area contributed by atoms with E-state index >= 15 is 0 Å². The first kappa shape index (κ1) is 21.5. The molecule has 0 spiro atoms. The normalized spacial score (nSPS) is 54.6. The average Bonchev–Trinajstić information content (AvgIpc) is 3.12. The average molecular weight is 413 g/mol. The molecule has 0 amide bonds. The largest absolute Gasteiger partial charge is 0.393 e. The van der Waals surface area contributed by atoms with Gasteiger partial charge in [0, 0.05) is 0 Å². The van der Waals surface area contributed by atoms with E-state index in [1.807, 2.05) is 5.57 Å². The summed E-state index contributed by atoms with van der Waals surface area (Å²) in [7, 11) is 0. The number of allylic oxidation sites excluding steroid dienone is 2. The van der Waals surface area contributed by atoms with Gasteiger partial charge in [-0.3, -0.25) is 0 Å². The third kappa shape index (κ3) is 2.51. The van der Waals surface area contributed by atoms with Gasteiger partial charge in [-0.05, 0) is 115 Å². The van der Waals surface area contributed by atoms with Crippen molar-refractivity contribution in [2.45, 2.75) is 112 Å². The van der Waals surface area contributed by atoms with Gasteiger partial charge in [0.25, 0.3) is 0 Å². The van der Waals surface area contributed by atoms with Crippen LogP contribution in [0.15, 0.2) is 11.6 Å². The molecule has 1 heteroatoms. The first-order valence-electron chi connectivity index (χ1n) is 13.4. The molecule has 4 fully saturated rings. The number of aliphatic hydroxyl groups is 1. The first-order valence-corrected chi connectivity index (χ1v) is 13.4. The summed E-state index contributed by atoms with van der Waals surface area (Å²) in [5.41, 5.74) is 3.14. The van der Waals surface area contributed by atoms with E-state index in [1.54, 1.807) is 0 Å². The molecule has 0 aromatic heterocycles. The third-order valence-electron chi connectivity index (χ3n) is 12.6. The van der Waals surface area contributed by atoms with Crippen molar-refractivity contribution < 1.29 is 5.11 Å². The van der Waals surface area contributed by atoms with Crippen LogP contribution in [0.3, 0.4) is 0 Å². The van der Waals surface area contributed by atoms with Crippen LogP contribution in [0.4, 0.5) is 0 Å². The van der Waals surface area contributed by atoms with Crippen LogP contribution in [-0.2, 0) is 0 Å². The standard InChI is InChI=1S/C29H48O/c1-18(2)19-8-9-21-20(19)12-16-29(7)23-10-11-24-26(3,4)25(30)14-15-27(24,5)22(23)13-17-28(21,29)6/h13,18-21,23-25,30H,8-12,14-17H2,1-7H3/t19-,20-,21-,23+,24-,25-,27+,28-,29+/m0/s1. The summed E-state index contributed by atoms with van der Waals surface area (Å²) in [6, 6.07) is 0. The van der Waals surface area contributed by atoms with E-state index in [0.717, 1.165) is 36.0 Å². The first-order chi connectivity index (χ1) is 14.0. The Balaban J connectivity index is 1.53. The summed E-state index contributed by atoms with van der Waals surface area (Å²) in [5.74, 6) is 5.16. The fourth-order valence-corrected chi connectivity index (χ4v) is 10.6. The molecule has 1 N–H and O–H groups in total. The number of aliphatic hydroxyl groups excluding tert-OH is 1. The lowest BCUT2D eigenvalue weighted by Gasteiger charge is -2.67. The lowest BCUT2D eigenvalue weighted by atomic mass is 9.37. The lowest BCUT2D eigenvalue weighted by molar-refractivity contribution is -0.146. The van der Waals surface area contributed by atoms with Gasteiger partial charge in [0.1, 0.15) is 0 Å². The van der Waals surface area contributed by atoms with Gasteiger partial charge >= 0.3 is 0 Å². The van der Waals surface area contributed by atoms with Gasteiger partial charge < -0.3 is 5.11 Å². The summed E-state index contributed by atoms with van der Waals surface area (Å²) in [6.45, 7) is 17.7. The van der Waals surface area contributed by atoms with Crippen LogP contribution in [-0.4, -0.2) is 11.2 Å². The van der Waals surface area contributed by atoms with Crippen LogP contribution in [0.2, 0.25) is 0 Å². The van der Waals surface area contributed by atoms with E-state index in [2.05, 4.69) is 54.5 Å². The molecule has 0 unspecified atom stereocenters. The third-order valence-corrected chi connectivity index (χ3v) is 12.6. The monoisotopic (exact) mass is 412 g/mol. The van der Waals surface area contributed by atoms with Crippen LogP contribution in [0.1, 0.15) is 106 Å². The SMILES string of the molecule is CC(C)[C@@H]1CC[C@H]2[C@H]1CC[C@]1(C)[C@@H]3CC[C@H]4C(C)(C)[C@@H](O)CC[C@]4(C)C3=CC[C@@]21C. The Hall–Kier alpha value is -0.300. The predicted octanol–water partition coefficient (Wildman–Crippen LogP) is 7.63. The zero-order chi connectivity index (χ0) is 21.7. The molecular formula is C29H48O. The van der Waals surface area contributed by atoms with Crippen molar-refractivity contribution in [2.24, 2.45) is 57.2 Å². The highest BCUT2D eigenvalue weighted by atomic mass is 16.3. The fourth-order valence-electron chi connectivity index (χ4n) is 10.6. The zero-order valence-corrected chi connectivity index (χ0v) is 20.9. The summed E-state index contributed by atoms with van der Waals surface area (Å²) in [5, 5.41) is 10.8. The molecule has 0 aliphatic heterocycles.